The maximum Gasteiger partial charge on any atom is 0.330 e. The van der Waals surface area contributed by atoms with Crippen molar-refractivity contribution in [3.05, 3.63) is 35.2 Å². The number of nitrogens with two attached hydrogens (primary N) is 1. The zero-order valence-electron chi connectivity index (χ0n) is 9.71. The first kappa shape index (κ1) is 12.5. The molecule has 0 fully saturated rings. The smallest absolute Gasteiger partial charge is 0.330 e. The van der Waals surface area contributed by atoms with Crippen molar-refractivity contribution in [2.45, 2.75) is 12.5 Å². The number of esters is 1. The van der Waals surface area contributed by atoms with Crippen LogP contribution >= 0.6 is 11.3 Å². The molecular weight excluding hydrogens is 250 g/mol. The van der Waals surface area contributed by atoms with Crippen molar-refractivity contribution in [3.63, 3.8) is 0 Å². The Labute approximate surface area is 108 Å². The highest BCUT2D eigenvalue weighted by Crippen LogP contribution is 2.28. The van der Waals surface area contributed by atoms with Gasteiger partial charge in [0.05, 0.1) is 11.8 Å². The fourth-order valence-electron chi connectivity index (χ4n) is 1.62. The number of fused-ring (bicyclic) bond motifs is 1. The quantitative estimate of drug-likeness (QED) is 0.676. The van der Waals surface area contributed by atoms with Gasteiger partial charge in [-0.25, -0.2) is 0 Å². The normalized spacial score (nSPS) is 12.1. The number of benzene rings is 1. The molecule has 18 heavy (non-hydrogen) atoms. The van der Waals surface area contributed by atoms with Gasteiger partial charge in [-0.1, -0.05) is 12.6 Å². The van der Waals surface area contributed by atoms with E-state index >= 15 is 0 Å². The van der Waals surface area contributed by atoms with E-state index in [1.54, 1.807) is 0 Å². The van der Waals surface area contributed by atoms with Gasteiger partial charge in [0.1, 0.15) is 6.04 Å². The summed E-state index contributed by atoms with van der Waals surface area (Å²) < 4.78 is 5.51. The number of rotatable bonds is 3. The second kappa shape index (κ2) is 5.12. The highest BCUT2D eigenvalue weighted by atomic mass is 32.1. The summed E-state index contributed by atoms with van der Waals surface area (Å²) in [6.07, 6.45) is 0.411. The van der Waals surface area contributed by atoms with Gasteiger partial charge in [0.25, 0.3) is 0 Å². The summed E-state index contributed by atoms with van der Waals surface area (Å²) >= 11 is 1.33. The molecule has 0 saturated carbocycles. The first-order chi connectivity index (χ1) is 8.63. The van der Waals surface area contributed by atoms with Crippen LogP contribution in [-0.4, -0.2) is 24.1 Å². The predicted octanol–water partition coefficient (Wildman–Crippen LogP) is 1.89. The van der Waals surface area contributed by atoms with E-state index in [2.05, 4.69) is 14.6 Å². The Morgan fingerprint density at radius 3 is 3.11 bits per heavy atom. The lowest BCUT2D eigenvalue weighted by Gasteiger charge is -2.08. The fourth-order valence-corrected chi connectivity index (χ4v) is 2.44. The minimum absolute atomic E-state index is 0.411. The summed E-state index contributed by atoms with van der Waals surface area (Å²) in [4.78, 5) is 18.7. The standard InChI is InChI=1S/C12H11N3O2S/c1-14-12-15-9-4-3-7(6-10(9)18-12)5-8(13)11(16)17-2/h3-4,6,8H,5,13H2,2H3/t8-/m0/s1. The molecule has 0 spiro atoms. The average molecular weight is 261 g/mol. The van der Waals surface area contributed by atoms with Crippen LogP contribution in [0.4, 0.5) is 5.13 Å². The maximum atomic E-state index is 11.2. The number of carbonyl (C=O) groups is 1. The third kappa shape index (κ3) is 2.47. The van der Waals surface area contributed by atoms with Crippen LogP contribution in [0.3, 0.4) is 0 Å². The van der Waals surface area contributed by atoms with Gasteiger partial charge in [0.15, 0.2) is 5.52 Å². The molecule has 0 unspecified atom stereocenters. The third-order valence-electron chi connectivity index (χ3n) is 2.50. The molecule has 5 nitrogen and oxygen atoms in total. The number of carbonyl (C=O) groups excluding carboxylic acids is 1. The van der Waals surface area contributed by atoms with E-state index in [1.807, 2.05) is 18.2 Å². The van der Waals surface area contributed by atoms with Crippen LogP contribution in [0.2, 0.25) is 0 Å². The van der Waals surface area contributed by atoms with Gasteiger partial charge in [-0.05, 0) is 24.1 Å². The van der Waals surface area contributed by atoms with Crippen LogP contribution in [-0.2, 0) is 16.0 Å². The second-order valence-corrected chi connectivity index (χ2v) is 4.75. The molecule has 0 aliphatic heterocycles. The summed E-state index contributed by atoms with van der Waals surface area (Å²) in [5, 5.41) is 0.416. The molecule has 2 N–H and O–H groups in total. The van der Waals surface area contributed by atoms with Crippen LogP contribution in [0.25, 0.3) is 15.1 Å². The van der Waals surface area contributed by atoms with E-state index in [9.17, 15) is 4.79 Å². The molecule has 2 aromatic rings. The lowest BCUT2D eigenvalue weighted by molar-refractivity contribution is -0.142. The van der Waals surface area contributed by atoms with Crippen molar-refractivity contribution in [2.24, 2.45) is 5.73 Å². The van der Waals surface area contributed by atoms with Crippen LogP contribution in [0.1, 0.15) is 5.56 Å². The Kier molecular flexibility index (Phi) is 3.55. The Morgan fingerprint density at radius 2 is 2.44 bits per heavy atom. The van der Waals surface area contributed by atoms with Gasteiger partial charge >= 0.3 is 11.1 Å². The second-order valence-electron chi connectivity index (χ2n) is 3.74. The van der Waals surface area contributed by atoms with Gasteiger partial charge in [-0.15, -0.1) is 16.3 Å². The number of aromatic nitrogens is 1. The lowest BCUT2D eigenvalue weighted by atomic mass is 10.1. The molecule has 0 aliphatic rings. The van der Waals surface area contributed by atoms with Gasteiger partial charge in [-0.3, -0.25) is 4.79 Å². The molecule has 1 heterocycles. The number of ether oxygens (including phenoxy) is 1. The zero-order valence-corrected chi connectivity index (χ0v) is 10.5. The minimum atomic E-state index is -0.666. The molecule has 0 bridgehead atoms. The lowest BCUT2D eigenvalue weighted by Crippen LogP contribution is -2.33. The summed E-state index contributed by atoms with van der Waals surface area (Å²) in [7, 11) is 1.32. The third-order valence-corrected chi connectivity index (χ3v) is 3.41. The number of hydrogen-bond acceptors (Lipinski definition) is 5. The Morgan fingerprint density at radius 1 is 1.67 bits per heavy atom. The molecule has 0 radical (unpaired) electrons. The first-order valence-electron chi connectivity index (χ1n) is 5.24. The van der Waals surface area contributed by atoms with Gasteiger partial charge in [0.2, 0.25) is 0 Å². The Balaban J connectivity index is 2.25. The number of methoxy groups -OCH3 is 1. The van der Waals surface area contributed by atoms with Gasteiger partial charge < -0.3 is 15.3 Å². The maximum absolute atomic E-state index is 11.2. The molecular formula is C12H11N3O2S. The van der Waals surface area contributed by atoms with E-state index in [-0.39, 0.29) is 0 Å². The Bertz CT molecular complexity index is 630. The Hall–Kier alpha value is -1.97. The SMILES string of the molecule is [C-]#[N+]c1nc2ccc(C[C@H](N)C(=O)OC)cc2s1. The van der Waals surface area contributed by atoms with Gasteiger partial charge in [-0.2, -0.15) is 0 Å². The molecule has 0 amide bonds. The molecule has 6 heteroatoms. The summed E-state index contributed by atoms with van der Waals surface area (Å²) in [6.45, 7) is 6.92. The van der Waals surface area contributed by atoms with Crippen molar-refractivity contribution in [3.8, 4) is 0 Å². The van der Waals surface area contributed by atoms with Crippen LogP contribution in [0.5, 0.6) is 0 Å². The van der Waals surface area contributed by atoms with Crippen molar-refractivity contribution in [1.29, 1.82) is 0 Å². The predicted molar refractivity (Wildman–Crippen MR) is 69.6 cm³/mol. The molecule has 1 aromatic carbocycles. The molecule has 0 aliphatic carbocycles. The zero-order chi connectivity index (χ0) is 13.1. The van der Waals surface area contributed by atoms with Gasteiger partial charge in [0, 0.05) is 0 Å². The largest absolute Gasteiger partial charge is 0.468 e. The van der Waals surface area contributed by atoms with Crippen LogP contribution in [0, 0.1) is 6.57 Å². The van der Waals surface area contributed by atoms with Crippen molar-refractivity contribution < 1.29 is 9.53 Å². The summed E-state index contributed by atoms with van der Waals surface area (Å²) in [5.74, 6) is -0.429. The molecule has 1 atom stereocenters. The molecule has 1 aromatic heterocycles. The van der Waals surface area contributed by atoms with Crippen molar-refractivity contribution >= 4 is 32.7 Å². The highest BCUT2D eigenvalue weighted by Gasteiger charge is 2.15. The number of hydrogen-bond donors (Lipinski definition) is 1. The van der Waals surface area contributed by atoms with E-state index < -0.39 is 12.0 Å². The monoisotopic (exact) mass is 261 g/mol. The summed E-state index contributed by atoms with van der Waals surface area (Å²) in [6, 6.07) is 4.93. The van der Waals surface area contributed by atoms with Crippen LogP contribution < -0.4 is 5.73 Å². The van der Waals surface area contributed by atoms with Crippen LogP contribution in [0.15, 0.2) is 18.2 Å². The van der Waals surface area contributed by atoms with E-state index in [4.69, 9.17) is 12.3 Å². The minimum Gasteiger partial charge on any atom is -0.468 e. The van der Waals surface area contributed by atoms with Crippen molar-refractivity contribution in [2.75, 3.05) is 7.11 Å². The van der Waals surface area contributed by atoms with Crippen molar-refractivity contribution in [1.82, 2.24) is 4.98 Å². The first-order valence-corrected chi connectivity index (χ1v) is 6.06. The molecule has 92 valence electrons. The average Bonchev–Trinajstić information content (AvgIpc) is 2.79. The van der Waals surface area contributed by atoms with E-state index in [0.717, 1.165) is 15.8 Å². The topological polar surface area (TPSA) is 69.6 Å². The van der Waals surface area contributed by atoms with E-state index in [1.165, 1.54) is 18.4 Å². The number of nitrogens with zero attached hydrogens (tertiary/aromatic N) is 2. The number of thiazole rings is 1. The molecule has 2 rings (SSSR count). The highest BCUT2D eigenvalue weighted by molar-refractivity contribution is 7.22. The fraction of sp³-hybridized carbons (Fsp3) is 0.250. The molecule has 0 saturated heterocycles. The summed E-state index contributed by atoms with van der Waals surface area (Å²) in [5.41, 5.74) is 7.42. The van der Waals surface area contributed by atoms with E-state index in [0.29, 0.717) is 11.6 Å².